The highest BCUT2D eigenvalue weighted by atomic mass is 15.2. The fourth-order valence-corrected chi connectivity index (χ4v) is 2.22. The van der Waals surface area contributed by atoms with E-state index in [0.717, 1.165) is 24.4 Å². The lowest BCUT2D eigenvalue weighted by molar-refractivity contribution is 0.259. The second-order valence-corrected chi connectivity index (χ2v) is 3.64. The molecule has 0 aromatic carbocycles. The van der Waals surface area contributed by atoms with Gasteiger partial charge in [0.1, 0.15) is 0 Å². The number of hydrogen-bond acceptors (Lipinski definition) is 1. The maximum absolute atomic E-state index is 3.76. The van der Waals surface area contributed by atoms with Crippen LogP contribution in [0.25, 0.3) is 0 Å². The third-order valence-corrected chi connectivity index (χ3v) is 3.01. The van der Waals surface area contributed by atoms with Crippen LogP contribution in [0.3, 0.4) is 0 Å². The van der Waals surface area contributed by atoms with Gasteiger partial charge >= 0.3 is 0 Å². The highest BCUT2D eigenvalue weighted by molar-refractivity contribution is 5.03. The summed E-state index contributed by atoms with van der Waals surface area (Å²) in [6.45, 7) is 8.53. The molecule has 0 N–H and O–H groups in total. The normalized spacial score (nSPS) is 45.1. The first-order valence-electron chi connectivity index (χ1n) is 4.18. The van der Waals surface area contributed by atoms with Crippen molar-refractivity contribution in [2.45, 2.75) is 19.4 Å². The molecule has 10 heavy (non-hydrogen) atoms. The second kappa shape index (κ2) is 2.09. The molecule has 2 rings (SSSR count). The summed E-state index contributed by atoms with van der Waals surface area (Å²) in [5.74, 6) is 2.09. The van der Waals surface area contributed by atoms with Crippen molar-refractivity contribution in [3.05, 3.63) is 12.7 Å². The molecule has 1 aliphatic heterocycles. The van der Waals surface area contributed by atoms with Gasteiger partial charge in [0.05, 0.1) is 0 Å². The van der Waals surface area contributed by atoms with Gasteiger partial charge in [0.2, 0.25) is 0 Å². The van der Waals surface area contributed by atoms with E-state index in [1.54, 1.807) is 0 Å². The van der Waals surface area contributed by atoms with E-state index in [4.69, 9.17) is 0 Å². The van der Waals surface area contributed by atoms with Gasteiger partial charge in [0.15, 0.2) is 0 Å². The van der Waals surface area contributed by atoms with Gasteiger partial charge in [-0.1, -0.05) is 6.08 Å². The van der Waals surface area contributed by atoms with Crippen LogP contribution in [-0.4, -0.2) is 24.0 Å². The van der Waals surface area contributed by atoms with Crippen molar-refractivity contribution in [1.29, 1.82) is 0 Å². The van der Waals surface area contributed by atoms with Gasteiger partial charge in [-0.2, -0.15) is 0 Å². The lowest BCUT2D eigenvalue weighted by atomic mass is 10.2. The van der Waals surface area contributed by atoms with Crippen LogP contribution in [0.2, 0.25) is 0 Å². The molecule has 1 saturated carbocycles. The number of nitrogens with zero attached hydrogens (tertiary/aromatic N) is 1. The molecule has 0 amide bonds. The summed E-state index contributed by atoms with van der Waals surface area (Å²) in [6, 6.07) is 0.836. The van der Waals surface area contributed by atoms with E-state index in [2.05, 4.69) is 18.4 Å². The lowest BCUT2D eigenvalue weighted by Crippen LogP contribution is -2.30. The molecular weight excluding hydrogens is 122 g/mol. The summed E-state index contributed by atoms with van der Waals surface area (Å²) in [5, 5.41) is 0. The molecule has 0 radical (unpaired) electrons. The van der Waals surface area contributed by atoms with Crippen molar-refractivity contribution in [3.63, 3.8) is 0 Å². The molecule has 1 heteroatoms. The van der Waals surface area contributed by atoms with E-state index in [1.165, 1.54) is 13.0 Å². The second-order valence-electron chi connectivity index (χ2n) is 3.64. The van der Waals surface area contributed by atoms with Gasteiger partial charge in [-0.05, 0) is 25.2 Å². The van der Waals surface area contributed by atoms with Crippen LogP contribution in [0.4, 0.5) is 0 Å². The minimum absolute atomic E-state index is 0.836. The highest BCUT2D eigenvalue weighted by Crippen LogP contribution is 2.48. The maximum Gasteiger partial charge on any atom is 0.0163 e. The minimum Gasteiger partial charge on any atom is -0.296 e. The van der Waals surface area contributed by atoms with Crippen LogP contribution in [0, 0.1) is 11.8 Å². The van der Waals surface area contributed by atoms with E-state index >= 15 is 0 Å². The van der Waals surface area contributed by atoms with E-state index in [9.17, 15) is 0 Å². The number of hydrogen-bond donors (Lipinski definition) is 0. The maximum atomic E-state index is 3.76. The molecule has 56 valence electrons. The SMILES string of the molecule is C=CCN1CC2CC2C1C. The number of rotatable bonds is 2. The van der Waals surface area contributed by atoms with Gasteiger partial charge in [-0.25, -0.2) is 0 Å². The molecule has 0 aromatic heterocycles. The van der Waals surface area contributed by atoms with Crippen molar-refractivity contribution in [3.8, 4) is 0 Å². The predicted octanol–water partition coefficient (Wildman–Crippen LogP) is 1.51. The van der Waals surface area contributed by atoms with Gasteiger partial charge in [-0.3, -0.25) is 4.90 Å². The third-order valence-electron chi connectivity index (χ3n) is 3.01. The van der Waals surface area contributed by atoms with E-state index < -0.39 is 0 Å². The third kappa shape index (κ3) is 0.807. The van der Waals surface area contributed by atoms with Crippen LogP contribution >= 0.6 is 0 Å². The fraction of sp³-hybridized carbons (Fsp3) is 0.778. The van der Waals surface area contributed by atoms with Crippen LogP contribution in [0.15, 0.2) is 12.7 Å². The first-order valence-corrected chi connectivity index (χ1v) is 4.18. The minimum atomic E-state index is 0.836. The van der Waals surface area contributed by atoms with Gasteiger partial charge in [0, 0.05) is 19.1 Å². The molecule has 1 nitrogen and oxygen atoms in total. The molecule has 1 saturated heterocycles. The number of fused-ring (bicyclic) bond motifs is 1. The Morgan fingerprint density at radius 2 is 2.50 bits per heavy atom. The topological polar surface area (TPSA) is 3.24 Å². The van der Waals surface area contributed by atoms with Crippen LogP contribution < -0.4 is 0 Å². The highest BCUT2D eigenvalue weighted by Gasteiger charge is 2.49. The van der Waals surface area contributed by atoms with Crippen molar-refractivity contribution < 1.29 is 0 Å². The molecule has 2 fully saturated rings. The zero-order chi connectivity index (χ0) is 7.14. The van der Waals surface area contributed by atoms with Crippen LogP contribution in [0.5, 0.6) is 0 Å². The molecule has 1 heterocycles. The monoisotopic (exact) mass is 137 g/mol. The standard InChI is InChI=1S/C9H15N/c1-3-4-10-6-8-5-9(8)7(10)2/h3,7-9H,1,4-6H2,2H3. The van der Waals surface area contributed by atoms with E-state index in [1.807, 2.05) is 6.08 Å². The quantitative estimate of drug-likeness (QED) is 0.521. The molecule has 3 atom stereocenters. The fourth-order valence-electron chi connectivity index (χ4n) is 2.22. The molecular formula is C9H15N. The average molecular weight is 137 g/mol. The number of likely N-dealkylation sites (tertiary alicyclic amines) is 1. The number of piperidine rings is 1. The van der Waals surface area contributed by atoms with Gasteiger partial charge in [0.25, 0.3) is 0 Å². The van der Waals surface area contributed by atoms with Crippen molar-refractivity contribution in [1.82, 2.24) is 4.90 Å². The molecule has 0 aromatic rings. The summed E-state index contributed by atoms with van der Waals surface area (Å²) in [6.07, 6.45) is 3.51. The lowest BCUT2D eigenvalue weighted by Gasteiger charge is -2.21. The van der Waals surface area contributed by atoms with Gasteiger partial charge in [-0.15, -0.1) is 6.58 Å². The van der Waals surface area contributed by atoms with Crippen LogP contribution in [-0.2, 0) is 0 Å². The van der Waals surface area contributed by atoms with Crippen LogP contribution in [0.1, 0.15) is 13.3 Å². The van der Waals surface area contributed by atoms with E-state index in [-0.39, 0.29) is 0 Å². The summed E-state index contributed by atoms with van der Waals surface area (Å²) in [5.41, 5.74) is 0. The zero-order valence-corrected chi connectivity index (χ0v) is 6.59. The summed E-state index contributed by atoms with van der Waals surface area (Å²) in [4.78, 5) is 2.53. The van der Waals surface area contributed by atoms with Crippen molar-refractivity contribution >= 4 is 0 Å². The Bertz CT molecular complexity index is 153. The Morgan fingerprint density at radius 3 is 3.00 bits per heavy atom. The first kappa shape index (κ1) is 6.41. The zero-order valence-electron chi connectivity index (χ0n) is 6.59. The summed E-state index contributed by atoms with van der Waals surface area (Å²) >= 11 is 0. The Hall–Kier alpha value is -0.300. The Morgan fingerprint density at radius 1 is 1.70 bits per heavy atom. The summed E-state index contributed by atoms with van der Waals surface area (Å²) in [7, 11) is 0. The smallest absolute Gasteiger partial charge is 0.0163 e. The van der Waals surface area contributed by atoms with Crippen molar-refractivity contribution in [2.75, 3.05) is 13.1 Å². The molecule has 0 spiro atoms. The molecule has 0 bridgehead atoms. The van der Waals surface area contributed by atoms with Crippen molar-refractivity contribution in [2.24, 2.45) is 11.8 Å². The van der Waals surface area contributed by atoms with E-state index in [0.29, 0.717) is 0 Å². The Kier molecular flexibility index (Phi) is 1.34. The Balaban J connectivity index is 1.94. The molecule has 2 aliphatic rings. The Labute approximate surface area is 62.7 Å². The largest absolute Gasteiger partial charge is 0.296 e. The van der Waals surface area contributed by atoms with Gasteiger partial charge < -0.3 is 0 Å². The average Bonchev–Trinajstić information content (AvgIpc) is 2.60. The molecule has 1 aliphatic carbocycles. The first-order chi connectivity index (χ1) is 4.83. The predicted molar refractivity (Wildman–Crippen MR) is 42.8 cm³/mol. The molecule has 3 unspecified atom stereocenters. The summed E-state index contributed by atoms with van der Waals surface area (Å²) < 4.78 is 0.